The third-order valence-corrected chi connectivity index (χ3v) is 4.53. The molecule has 0 spiro atoms. The van der Waals surface area contributed by atoms with Crippen molar-refractivity contribution in [3.8, 4) is 0 Å². The van der Waals surface area contributed by atoms with Crippen molar-refractivity contribution in [2.75, 3.05) is 40.3 Å². The van der Waals surface area contributed by atoms with E-state index >= 15 is 0 Å². The van der Waals surface area contributed by atoms with Crippen LogP contribution in [0.1, 0.15) is 45.2 Å². The SMILES string of the molecule is CCNC(=NCC(CCO)CC(C)C)NCC(c1ccc(F)cc1)N(C)C. The zero-order chi connectivity index (χ0) is 20.2. The Bertz CT molecular complexity index is 546. The standard InChI is InChI=1S/C21H37FN4O/c1-6-23-21(24-14-17(11-12-27)13-16(2)3)25-15-20(26(4)5)18-7-9-19(22)10-8-18/h7-10,16-17,20,27H,6,11-15H2,1-5H3,(H2,23,24,25). The number of nitrogens with one attached hydrogen (secondary N) is 2. The Balaban J connectivity index is 2.76. The summed E-state index contributed by atoms with van der Waals surface area (Å²) in [5.74, 6) is 1.52. The van der Waals surface area contributed by atoms with Crippen LogP contribution < -0.4 is 10.6 Å². The highest BCUT2D eigenvalue weighted by molar-refractivity contribution is 5.79. The number of aliphatic imine (C=N–C) groups is 1. The maximum atomic E-state index is 13.2. The van der Waals surface area contributed by atoms with Crippen LogP contribution >= 0.6 is 0 Å². The van der Waals surface area contributed by atoms with E-state index in [1.165, 1.54) is 12.1 Å². The first-order valence-corrected chi connectivity index (χ1v) is 9.92. The van der Waals surface area contributed by atoms with Crippen LogP contribution in [-0.4, -0.2) is 56.3 Å². The second kappa shape index (κ2) is 12.7. The van der Waals surface area contributed by atoms with Crippen LogP contribution in [0.5, 0.6) is 0 Å². The highest BCUT2D eigenvalue weighted by Crippen LogP contribution is 2.18. The molecule has 3 N–H and O–H groups in total. The van der Waals surface area contributed by atoms with Crippen LogP contribution in [0.15, 0.2) is 29.3 Å². The van der Waals surface area contributed by atoms with Crippen LogP contribution in [-0.2, 0) is 0 Å². The van der Waals surface area contributed by atoms with Gasteiger partial charge >= 0.3 is 0 Å². The van der Waals surface area contributed by atoms with E-state index in [0.29, 0.717) is 24.9 Å². The van der Waals surface area contributed by atoms with Crippen molar-refractivity contribution >= 4 is 5.96 Å². The summed E-state index contributed by atoms with van der Waals surface area (Å²) in [5.41, 5.74) is 1.06. The lowest BCUT2D eigenvalue weighted by Crippen LogP contribution is -2.42. The summed E-state index contributed by atoms with van der Waals surface area (Å²) in [6, 6.07) is 6.75. The maximum Gasteiger partial charge on any atom is 0.191 e. The molecule has 2 unspecified atom stereocenters. The summed E-state index contributed by atoms with van der Waals surface area (Å²) in [7, 11) is 4.03. The van der Waals surface area contributed by atoms with Crippen LogP contribution in [0.4, 0.5) is 4.39 Å². The van der Waals surface area contributed by atoms with E-state index in [1.54, 1.807) is 0 Å². The second-order valence-corrected chi connectivity index (χ2v) is 7.64. The number of nitrogens with zero attached hydrogens (tertiary/aromatic N) is 2. The minimum absolute atomic E-state index is 0.110. The number of halogens is 1. The van der Waals surface area contributed by atoms with Gasteiger partial charge in [0.1, 0.15) is 5.82 Å². The predicted molar refractivity (Wildman–Crippen MR) is 111 cm³/mol. The molecule has 0 aliphatic rings. The fourth-order valence-corrected chi connectivity index (χ4v) is 3.17. The van der Waals surface area contributed by atoms with Gasteiger partial charge in [-0.1, -0.05) is 26.0 Å². The van der Waals surface area contributed by atoms with Crippen LogP contribution in [0.3, 0.4) is 0 Å². The average molecular weight is 381 g/mol. The van der Waals surface area contributed by atoms with Crippen molar-refractivity contribution in [3.05, 3.63) is 35.6 Å². The topological polar surface area (TPSA) is 59.9 Å². The minimum Gasteiger partial charge on any atom is -0.396 e. The van der Waals surface area contributed by atoms with E-state index in [2.05, 4.69) is 29.4 Å². The van der Waals surface area contributed by atoms with Crippen molar-refractivity contribution in [1.29, 1.82) is 0 Å². The van der Waals surface area contributed by atoms with Gasteiger partial charge in [0, 0.05) is 26.2 Å². The normalized spacial score (nSPS) is 14.5. The van der Waals surface area contributed by atoms with Gasteiger partial charge in [0.15, 0.2) is 5.96 Å². The Morgan fingerprint density at radius 2 is 1.85 bits per heavy atom. The monoisotopic (exact) mass is 380 g/mol. The van der Waals surface area contributed by atoms with Crippen LogP contribution in [0, 0.1) is 17.7 Å². The molecule has 5 nitrogen and oxygen atoms in total. The Labute approximate surface area is 164 Å². The van der Waals surface area contributed by atoms with E-state index in [-0.39, 0.29) is 18.5 Å². The molecule has 0 saturated heterocycles. The van der Waals surface area contributed by atoms with Gasteiger partial charge in [-0.05, 0) is 63.4 Å². The van der Waals surface area contributed by atoms with Crippen molar-refractivity contribution in [2.45, 2.75) is 39.7 Å². The van der Waals surface area contributed by atoms with Gasteiger partial charge in [0.2, 0.25) is 0 Å². The quantitative estimate of drug-likeness (QED) is 0.408. The molecular weight excluding hydrogens is 343 g/mol. The zero-order valence-electron chi connectivity index (χ0n) is 17.5. The van der Waals surface area contributed by atoms with E-state index in [0.717, 1.165) is 30.9 Å². The smallest absolute Gasteiger partial charge is 0.191 e. The van der Waals surface area contributed by atoms with E-state index in [4.69, 9.17) is 4.99 Å². The summed E-state index contributed by atoms with van der Waals surface area (Å²) >= 11 is 0. The zero-order valence-corrected chi connectivity index (χ0v) is 17.5. The lowest BCUT2D eigenvalue weighted by Gasteiger charge is -2.26. The molecule has 1 aromatic carbocycles. The summed E-state index contributed by atoms with van der Waals surface area (Å²) in [4.78, 5) is 6.84. The third-order valence-electron chi connectivity index (χ3n) is 4.53. The molecule has 0 aromatic heterocycles. The molecule has 0 heterocycles. The summed E-state index contributed by atoms with van der Waals surface area (Å²) in [6.45, 7) is 8.77. The molecule has 6 heteroatoms. The first-order valence-electron chi connectivity index (χ1n) is 9.92. The molecule has 0 saturated carbocycles. The Morgan fingerprint density at radius 1 is 1.19 bits per heavy atom. The lowest BCUT2D eigenvalue weighted by atomic mass is 9.94. The molecule has 154 valence electrons. The Kier molecular flexibility index (Phi) is 11.0. The Hall–Kier alpha value is -1.66. The second-order valence-electron chi connectivity index (χ2n) is 7.64. The molecule has 0 aliphatic carbocycles. The summed E-state index contributed by atoms with van der Waals surface area (Å²) in [5, 5.41) is 16.0. The maximum absolute atomic E-state index is 13.2. The number of benzene rings is 1. The Morgan fingerprint density at radius 3 is 2.37 bits per heavy atom. The lowest BCUT2D eigenvalue weighted by molar-refractivity contribution is 0.245. The number of hydrogen-bond donors (Lipinski definition) is 3. The van der Waals surface area contributed by atoms with Crippen LogP contribution in [0.25, 0.3) is 0 Å². The number of aliphatic hydroxyl groups is 1. The van der Waals surface area contributed by atoms with Crippen molar-refractivity contribution < 1.29 is 9.50 Å². The molecule has 0 aliphatic heterocycles. The minimum atomic E-state index is -0.223. The summed E-state index contributed by atoms with van der Waals surface area (Å²) in [6.07, 6.45) is 1.83. The van der Waals surface area contributed by atoms with E-state index in [9.17, 15) is 9.50 Å². The van der Waals surface area contributed by atoms with Gasteiger partial charge in [-0.3, -0.25) is 4.99 Å². The number of guanidine groups is 1. The fourth-order valence-electron chi connectivity index (χ4n) is 3.17. The van der Waals surface area contributed by atoms with Crippen molar-refractivity contribution in [3.63, 3.8) is 0 Å². The molecule has 2 atom stereocenters. The van der Waals surface area contributed by atoms with Gasteiger partial charge < -0.3 is 20.6 Å². The number of rotatable bonds is 11. The van der Waals surface area contributed by atoms with Crippen molar-refractivity contribution in [2.24, 2.45) is 16.8 Å². The van der Waals surface area contributed by atoms with Gasteiger partial charge in [-0.25, -0.2) is 4.39 Å². The largest absolute Gasteiger partial charge is 0.396 e. The predicted octanol–water partition coefficient (Wildman–Crippen LogP) is 3.03. The van der Waals surface area contributed by atoms with E-state index < -0.39 is 0 Å². The van der Waals surface area contributed by atoms with Crippen LogP contribution in [0.2, 0.25) is 0 Å². The first-order chi connectivity index (χ1) is 12.9. The van der Waals surface area contributed by atoms with Gasteiger partial charge in [-0.15, -0.1) is 0 Å². The third kappa shape index (κ3) is 9.20. The van der Waals surface area contributed by atoms with Gasteiger partial charge in [0.05, 0.1) is 6.04 Å². The van der Waals surface area contributed by atoms with Crippen molar-refractivity contribution in [1.82, 2.24) is 15.5 Å². The molecule has 0 radical (unpaired) electrons. The highest BCUT2D eigenvalue weighted by atomic mass is 19.1. The highest BCUT2D eigenvalue weighted by Gasteiger charge is 2.15. The van der Waals surface area contributed by atoms with E-state index in [1.807, 2.05) is 33.2 Å². The molecular formula is C21H37FN4O. The fraction of sp³-hybridized carbons (Fsp3) is 0.667. The summed E-state index contributed by atoms with van der Waals surface area (Å²) < 4.78 is 13.2. The van der Waals surface area contributed by atoms with Gasteiger partial charge in [0.25, 0.3) is 0 Å². The number of likely N-dealkylation sites (N-methyl/N-ethyl adjacent to an activating group) is 1. The first kappa shape index (κ1) is 23.4. The molecule has 0 bridgehead atoms. The molecule has 0 fully saturated rings. The number of aliphatic hydroxyl groups excluding tert-OH is 1. The average Bonchev–Trinajstić information content (AvgIpc) is 2.60. The van der Waals surface area contributed by atoms with Gasteiger partial charge in [-0.2, -0.15) is 0 Å². The molecule has 1 rings (SSSR count). The number of hydrogen-bond acceptors (Lipinski definition) is 3. The molecule has 27 heavy (non-hydrogen) atoms. The molecule has 1 aromatic rings. The molecule has 0 amide bonds.